The first-order valence-corrected chi connectivity index (χ1v) is 7.08. The van der Waals surface area contributed by atoms with Crippen LogP contribution in [0.2, 0.25) is 0 Å². The molecule has 1 aliphatic rings. The summed E-state index contributed by atoms with van der Waals surface area (Å²) in [4.78, 5) is 11.1. The molecule has 0 amide bonds. The molecule has 18 heavy (non-hydrogen) atoms. The van der Waals surface area contributed by atoms with Gasteiger partial charge in [-0.05, 0) is 36.5 Å². The van der Waals surface area contributed by atoms with Crippen LogP contribution in [-0.4, -0.2) is 16.6 Å². The summed E-state index contributed by atoms with van der Waals surface area (Å²) in [5.74, 6) is 0.449. The predicted molar refractivity (Wildman–Crippen MR) is 72.6 cm³/mol. The third-order valence-corrected chi connectivity index (χ3v) is 4.42. The van der Waals surface area contributed by atoms with Crippen LogP contribution in [0.3, 0.4) is 0 Å². The summed E-state index contributed by atoms with van der Waals surface area (Å²) in [6.07, 6.45) is 7.88. The maximum atomic E-state index is 10.6. The van der Waals surface area contributed by atoms with E-state index < -0.39 is 0 Å². The average molecular weight is 267 g/mol. The minimum Gasteiger partial charge on any atom is -0.392 e. The molecule has 0 aliphatic heterocycles. The summed E-state index contributed by atoms with van der Waals surface area (Å²) < 4.78 is 0. The number of thiophene rings is 1. The van der Waals surface area contributed by atoms with Crippen LogP contribution in [0.25, 0.3) is 6.08 Å². The van der Waals surface area contributed by atoms with Gasteiger partial charge in [0, 0.05) is 10.9 Å². The van der Waals surface area contributed by atoms with Gasteiger partial charge in [0.25, 0.3) is 0 Å². The monoisotopic (exact) mass is 267 g/mol. The zero-order valence-electron chi connectivity index (χ0n) is 10.2. The summed E-state index contributed by atoms with van der Waals surface area (Å²) >= 11 is 1.16. The lowest BCUT2D eigenvalue weighted by atomic mass is 9.84. The van der Waals surface area contributed by atoms with Gasteiger partial charge in [0.2, 0.25) is 0 Å². The Kier molecular flexibility index (Phi) is 4.49. The van der Waals surface area contributed by atoms with Gasteiger partial charge in [-0.3, -0.25) is 10.1 Å². The molecule has 98 valence electrons. The molecule has 0 bridgehead atoms. The minimum absolute atomic E-state index is 0.0519. The molecule has 1 aromatic heterocycles. The van der Waals surface area contributed by atoms with E-state index in [2.05, 4.69) is 0 Å². The van der Waals surface area contributed by atoms with E-state index in [1.807, 2.05) is 6.08 Å². The van der Waals surface area contributed by atoms with Gasteiger partial charge in [-0.2, -0.15) is 0 Å². The normalized spacial score (nSPS) is 17.9. The van der Waals surface area contributed by atoms with Gasteiger partial charge in [-0.1, -0.05) is 30.6 Å². The number of hydrogen-bond donors (Lipinski definition) is 1. The average Bonchev–Trinajstić information content (AvgIpc) is 2.86. The molecule has 0 atom stereocenters. The molecule has 1 aliphatic carbocycles. The lowest BCUT2D eigenvalue weighted by molar-refractivity contribution is -0.380. The molecule has 0 aromatic carbocycles. The molecule has 1 aromatic rings. The molecule has 4 nitrogen and oxygen atoms in total. The van der Waals surface area contributed by atoms with Crippen molar-refractivity contribution in [3.05, 3.63) is 32.7 Å². The van der Waals surface area contributed by atoms with Gasteiger partial charge in [-0.15, -0.1) is 0 Å². The number of hydrogen-bond acceptors (Lipinski definition) is 4. The zero-order valence-corrected chi connectivity index (χ0v) is 11.0. The maximum Gasteiger partial charge on any atom is 0.324 e. The second kappa shape index (κ2) is 6.11. The molecule has 0 radical (unpaired) electrons. The van der Waals surface area contributed by atoms with E-state index in [9.17, 15) is 15.2 Å². The number of rotatable bonds is 4. The van der Waals surface area contributed by atoms with Crippen molar-refractivity contribution in [3.63, 3.8) is 0 Å². The SMILES string of the molecule is O=[N+]([O-])c1ccc(/C=C(/CO)C2CCCCC2)s1. The molecule has 1 saturated carbocycles. The van der Waals surface area contributed by atoms with E-state index in [1.54, 1.807) is 6.07 Å². The van der Waals surface area contributed by atoms with Gasteiger partial charge in [0.05, 0.1) is 11.5 Å². The predicted octanol–water partition coefficient (Wildman–Crippen LogP) is 3.61. The zero-order chi connectivity index (χ0) is 13.0. The van der Waals surface area contributed by atoms with E-state index in [1.165, 1.54) is 25.3 Å². The molecule has 1 N–H and O–H groups in total. The molecular weight excluding hydrogens is 250 g/mol. The Morgan fingerprint density at radius 1 is 1.44 bits per heavy atom. The van der Waals surface area contributed by atoms with Crippen molar-refractivity contribution in [3.8, 4) is 0 Å². The number of aliphatic hydroxyl groups excluding tert-OH is 1. The van der Waals surface area contributed by atoms with Crippen LogP contribution < -0.4 is 0 Å². The van der Waals surface area contributed by atoms with Crippen LogP contribution in [0.4, 0.5) is 5.00 Å². The van der Waals surface area contributed by atoms with Gasteiger partial charge in [0.1, 0.15) is 0 Å². The molecule has 5 heteroatoms. The Morgan fingerprint density at radius 2 is 2.17 bits per heavy atom. The van der Waals surface area contributed by atoms with E-state index in [0.717, 1.165) is 34.6 Å². The van der Waals surface area contributed by atoms with Gasteiger partial charge in [-0.25, -0.2) is 0 Å². The van der Waals surface area contributed by atoms with Gasteiger partial charge in [0.15, 0.2) is 0 Å². The molecule has 1 heterocycles. The fraction of sp³-hybridized carbons (Fsp3) is 0.538. The Morgan fingerprint density at radius 3 is 2.72 bits per heavy atom. The summed E-state index contributed by atoms with van der Waals surface area (Å²) in [5, 5.41) is 20.2. The third kappa shape index (κ3) is 3.17. The van der Waals surface area contributed by atoms with Crippen LogP contribution in [-0.2, 0) is 0 Å². The molecule has 0 saturated heterocycles. The first kappa shape index (κ1) is 13.2. The van der Waals surface area contributed by atoms with Gasteiger partial charge < -0.3 is 5.11 Å². The lowest BCUT2D eigenvalue weighted by Crippen LogP contribution is -2.11. The minimum atomic E-state index is -0.374. The van der Waals surface area contributed by atoms with Crippen LogP contribution in [0, 0.1) is 16.0 Å². The highest BCUT2D eigenvalue weighted by molar-refractivity contribution is 7.16. The Balaban J connectivity index is 2.14. The smallest absolute Gasteiger partial charge is 0.324 e. The lowest BCUT2D eigenvalue weighted by Gasteiger charge is -2.23. The Hall–Kier alpha value is -1.20. The van der Waals surface area contributed by atoms with Gasteiger partial charge >= 0.3 is 5.00 Å². The summed E-state index contributed by atoms with van der Waals surface area (Å²) in [6, 6.07) is 3.27. The quantitative estimate of drug-likeness (QED) is 0.669. The largest absolute Gasteiger partial charge is 0.392 e. The summed E-state index contributed by atoms with van der Waals surface area (Å²) in [7, 11) is 0. The van der Waals surface area contributed by atoms with Crippen molar-refractivity contribution in [1.82, 2.24) is 0 Å². The highest BCUT2D eigenvalue weighted by atomic mass is 32.1. The van der Waals surface area contributed by atoms with Crippen molar-refractivity contribution >= 4 is 22.4 Å². The Labute approximate surface area is 110 Å². The van der Waals surface area contributed by atoms with E-state index in [4.69, 9.17) is 0 Å². The van der Waals surface area contributed by atoms with Crippen LogP contribution in [0.5, 0.6) is 0 Å². The first-order valence-electron chi connectivity index (χ1n) is 6.26. The molecule has 0 spiro atoms. The summed E-state index contributed by atoms with van der Waals surface area (Å²) in [5.41, 5.74) is 1.02. The van der Waals surface area contributed by atoms with Crippen LogP contribution in [0.1, 0.15) is 37.0 Å². The van der Waals surface area contributed by atoms with Crippen molar-refractivity contribution < 1.29 is 10.0 Å². The second-order valence-corrected chi connectivity index (χ2v) is 5.74. The third-order valence-electron chi connectivity index (χ3n) is 3.43. The van der Waals surface area contributed by atoms with Crippen molar-refractivity contribution in [2.45, 2.75) is 32.1 Å². The molecule has 0 unspecified atom stereocenters. The molecular formula is C13H17NO3S. The summed E-state index contributed by atoms with van der Waals surface area (Å²) in [6.45, 7) is 0.0519. The number of nitrogens with zero attached hydrogens (tertiary/aromatic N) is 1. The number of aliphatic hydroxyl groups is 1. The fourth-order valence-electron chi connectivity index (χ4n) is 2.47. The van der Waals surface area contributed by atoms with E-state index in [-0.39, 0.29) is 16.5 Å². The highest BCUT2D eigenvalue weighted by Crippen LogP contribution is 2.32. The fourth-order valence-corrected chi connectivity index (χ4v) is 3.27. The molecule has 2 rings (SSSR count). The maximum absolute atomic E-state index is 10.6. The van der Waals surface area contributed by atoms with Crippen molar-refractivity contribution in [1.29, 1.82) is 0 Å². The van der Waals surface area contributed by atoms with E-state index in [0.29, 0.717) is 5.92 Å². The van der Waals surface area contributed by atoms with E-state index >= 15 is 0 Å². The standard InChI is InChI=1S/C13H17NO3S/c15-9-11(10-4-2-1-3-5-10)8-12-6-7-13(18-12)14(16)17/h6-8,10,15H,1-5,9H2/b11-8-. The first-order chi connectivity index (χ1) is 8.70. The number of nitro groups is 1. The Bertz CT molecular complexity index is 447. The highest BCUT2D eigenvalue weighted by Gasteiger charge is 2.18. The van der Waals surface area contributed by atoms with Crippen LogP contribution >= 0.6 is 11.3 Å². The topological polar surface area (TPSA) is 63.4 Å². The molecule has 1 fully saturated rings. The van der Waals surface area contributed by atoms with Crippen molar-refractivity contribution in [2.75, 3.05) is 6.61 Å². The van der Waals surface area contributed by atoms with Crippen molar-refractivity contribution in [2.24, 2.45) is 5.92 Å². The van der Waals surface area contributed by atoms with Crippen LogP contribution in [0.15, 0.2) is 17.7 Å². The second-order valence-electron chi connectivity index (χ2n) is 4.65.